The van der Waals surface area contributed by atoms with Crippen molar-refractivity contribution in [3.8, 4) is 0 Å². The van der Waals surface area contributed by atoms with Gasteiger partial charge in [-0.25, -0.2) is 18.0 Å². The molecule has 1 aliphatic rings. The third kappa shape index (κ3) is 7.86. The summed E-state index contributed by atoms with van der Waals surface area (Å²) in [4.78, 5) is 24.0. The lowest BCUT2D eigenvalue weighted by Crippen LogP contribution is -2.36. The first-order valence-electron chi connectivity index (χ1n) is 10.8. The second-order valence-electron chi connectivity index (χ2n) is 7.99. The van der Waals surface area contributed by atoms with E-state index >= 15 is 0 Å². The number of carbonyl (C=O) groups excluding carboxylic acids is 1. The van der Waals surface area contributed by atoms with Gasteiger partial charge in [-0.15, -0.1) is 0 Å². The van der Waals surface area contributed by atoms with Crippen LogP contribution in [-0.2, 0) is 16.0 Å². The number of carboxylic acid groups (broad SMARTS) is 1. The molecule has 190 valence electrons. The normalized spacial score (nSPS) is 15.9. The van der Waals surface area contributed by atoms with Crippen molar-refractivity contribution in [2.75, 3.05) is 13.6 Å². The highest BCUT2D eigenvalue weighted by Gasteiger charge is 2.30. The molecule has 1 aromatic carbocycles. The van der Waals surface area contributed by atoms with Crippen molar-refractivity contribution in [1.82, 2.24) is 10.3 Å². The Bertz CT molecular complexity index is 1100. The molecule has 1 heterocycles. The molecule has 1 atom stereocenters. The fourth-order valence-corrected chi connectivity index (χ4v) is 3.81. The number of hydrogen-bond donors (Lipinski definition) is 2. The maximum absolute atomic E-state index is 14.3. The minimum atomic E-state index is -2.94. The third-order valence-electron chi connectivity index (χ3n) is 5.11. The molecule has 0 saturated heterocycles. The largest absolute Gasteiger partial charge is 0.478 e. The molecule has 0 saturated carbocycles. The van der Waals surface area contributed by atoms with Crippen LogP contribution in [0.5, 0.6) is 0 Å². The molecule has 0 spiro atoms. The lowest BCUT2D eigenvalue weighted by Gasteiger charge is -2.27. The number of hydrazone groups is 1. The average Bonchev–Trinajstić information content (AvgIpc) is 2.77. The number of nitrogens with zero attached hydrogens (tertiary/aromatic N) is 2. The van der Waals surface area contributed by atoms with E-state index in [9.17, 15) is 22.8 Å². The van der Waals surface area contributed by atoms with Crippen LogP contribution in [-0.4, -0.2) is 47.7 Å². The van der Waals surface area contributed by atoms with E-state index in [0.29, 0.717) is 22.2 Å². The van der Waals surface area contributed by atoms with Crippen molar-refractivity contribution >= 4 is 40.8 Å². The fourth-order valence-electron chi connectivity index (χ4n) is 3.49. The predicted molar refractivity (Wildman–Crippen MR) is 130 cm³/mol. The number of amides is 1. The monoisotopic (exact) mass is 531 g/mol. The number of carbonyl (C=O) groups is 2. The summed E-state index contributed by atoms with van der Waals surface area (Å²) in [6.07, 6.45) is -0.146. The highest BCUT2D eigenvalue weighted by atomic mass is 35.5. The van der Waals surface area contributed by atoms with Gasteiger partial charge in [0.2, 0.25) is 5.91 Å². The van der Waals surface area contributed by atoms with E-state index in [1.165, 1.54) is 13.1 Å². The van der Waals surface area contributed by atoms with E-state index in [-0.39, 0.29) is 25.0 Å². The summed E-state index contributed by atoms with van der Waals surface area (Å²) < 4.78 is 41.8. The van der Waals surface area contributed by atoms with Crippen LogP contribution in [0.2, 0.25) is 10.0 Å². The van der Waals surface area contributed by atoms with Gasteiger partial charge in [0.1, 0.15) is 11.5 Å². The van der Waals surface area contributed by atoms with Crippen LogP contribution in [0.15, 0.2) is 58.1 Å². The average molecular weight is 532 g/mol. The number of allylic oxidation sites excluding steroid dienone is 2. The molecule has 1 unspecified atom stereocenters. The van der Waals surface area contributed by atoms with Gasteiger partial charge in [-0.1, -0.05) is 49.2 Å². The van der Waals surface area contributed by atoms with Crippen molar-refractivity contribution in [3.63, 3.8) is 0 Å². The topological polar surface area (TPSA) is 82.0 Å². The Balaban J connectivity index is 2.16. The van der Waals surface area contributed by atoms with Gasteiger partial charge >= 0.3 is 5.97 Å². The number of aliphatic carboxylic acids is 1. The number of hydrogen-bond acceptors (Lipinski definition) is 4. The highest BCUT2D eigenvalue weighted by Crippen LogP contribution is 2.28. The molecule has 6 nitrogen and oxygen atoms in total. The van der Waals surface area contributed by atoms with Gasteiger partial charge in [0.15, 0.2) is 0 Å². The van der Waals surface area contributed by atoms with Gasteiger partial charge in [-0.3, -0.25) is 9.80 Å². The molecular formula is C24H26Cl2F3N3O3. The predicted octanol–water partition coefficient (Wildman–Crippen LogP) is 5.77. The van der Waals surface area contributed by atoms with Crippen molar-refractivity contribution in [1.29, 1.82) is 0 Å². The van der Waals surface area contributed by atoms with Crippen molar-refractivity contribution in [2.24, 2.45) is 11.0 Å². The van der Waals surface area contributed by atoms with Crippen LogP contribution in [0.4, 0.5) is 13.2 Å². The Kier molecular flexibility index (Phi) is 10.4. The fraction of sp³-hybridized carbons (Fsp3) is 0.375. The zero-order valence-electron chi connectivity index (χ0n) is 19.4. The molecule has 2 rings (SSSR count). The van der Waals surface area contributed by atoms with Gasteiger partial charge < -0.3 is 10.4 Å². The third-order valence-corrected chi connectivity index (χ3v) is 5.85. The zero-order chi connectivity index (χ0) is 26.3. The summed E-state index contributed by atoms with van der Waals surface area (Å²) in [7, 11) is 1.33. The molecule has 1 aliphatic heterocycles. The van der Waals surface area contributed by atoms with Crippen LogP contribution >= 0.6 is 23.2 Å². The minimum absolute atomic E-state index is 0.0890. The van der Waals surface area contributed by atoms with Crippen LogP contribution in [0.25, 0.3) is 0 Å². The van der Waals surface area contributed by atoms with Gasteiger partial charge in [0, 0.05) is 37.7 Å². The maximum atomic E-state index is 14.3. The van der Waals surface area contributed by atoms with E-state index in [1.807, 2.05) is 0 Å². The number of nitrogens with one attached hydrogen (secondary N) is 1. The van der Waals surface area contributed by atoms with E-state index in [0.717, 1.165) is 16.6 Å². The molecule has 0 aliphatic carbocycles. The molecule has 0 aromatic heterocycles. The van der Waals surface area contributed by atoms with Gasteiger partial charge in [-0.05, 0) is 36.1 Å². The molecule has 11 heteroatoms. The molecular weight excluding hydrogens is 506 g/mol. The summed E-state index contributed by atoms with van der Waals surface area (Å²) in [6.45, 7) is 3.15. The maximum Gasteiger partial charge on any atom is 0.338 e. The zero-order valence-corrected chi connectivity index (χ0v) is 20.9. The van der Waals surface area contributed by atoms with Gasteiger partial charge in [0.05, 0.1) is 15.6 Å². The highest BCUT2D eigenvalue weighted by molar-refractivity contribution is 6.42. The number of carboxylic acids is 1. The number of benzene rings is 1. The van der Waals surface area contributed by atoms with Crippen LogP contribution < -0.4 is 5.32 Å². The van der Waals surface area contributed by atoms with Crippen LogP contribution in [0.3, 0.4) is 0 Å². The van der Waals surface area contributed by atoms with Crippen LogP contribution in [0.1, 0.15) is 32.3 Å². The first-order valence-corrected chi connectivity index (χ1v) is 11.5. The molecule has 0 bridgehead atoms. The molecule has 1 aromatic rings. The molecule has 2 N–H and O–H groups in total. The lowest BCUT2D eigenvalue weighted by molar-refractivity contribution is -0.132. The van der Waals surface area contributed by atoms with E-state index in [2.05, 4.69) is 10.4 Å². The first-order chi connectivity index (χ1) is 16.4. The van der Waals surface area contributed by atoms with Crippen LogP contribution in [0, 0.1) is 5.92 Å². The summed E-state index contributed by atoms with van der Waals surface area (Å²) >= 11 is 12.0. The van der Waals surface area contributed by atoms with Gasteiger partial charge in [0.25, 0.3) is 6.43 Å². The lowest BCUT2D eigenvalue weighted by atomic mass is 9.98. The molecule has 0 fully saturated rings. The Morgan fingerprint density at radius 3 is 2.54 bits per heavy atom. The van der Waals surface area contributed by atoms with E-state index in [4.69, 9.17) is 28.3 Å². The van der Waals surface area contributed by atoms with Crippen molar-refractivity contribution in [2.45, 2.75) is 39.5 Å². The summed E-state index contributed by atoms with van der Waals surface area (Å²) in [6, 6.07) is 4.98. The van der Waals surface area contributed by atoms with E-state index in [1.54, 1.807) is 32.0 Å². The van der Waals surface area contributed by atoms with Gasteiger partial charge in [-0.2, -0.15) is 5.10 Å². The number of alkyl halides is 2. The van der Waals surface area contributed by atoms with Crippen molar-refractivity contribution in [3.05, 3.63) is 68.6 Å². The summed E-state index contributed by atoms with van der Waals surface area (Å²) in [5.41, 5.74) is 0.0752. The second-order valence-corrected chi connectivity index (χ2v) is 8.80. The Morgan fingerprint density at radius 1 is 1.29 bits per heavy atom. The quantitative estimate of drug-likeness (QED) is 0.296. The molecule has 1 amide bonds. The summed E-state index contributed by atoms with van der Waals surface area (Å²) in [5, 5.41) is 17.5. The smallest absolute Gasteiger partial charge is 0.338 e. The number of halogens is 5. The molecule has 0 radical (unpaired) electrons. The number of rotatable bonds is 10. The van der Waals surface area contributed by atoms with Crippen molar-refractivity contribution < 1.29 is 27.9 Å². The second kappa shape index (κ2) is 12.8. The Hall–Kier alpha value is -2.78. The Labute approximate surface area is 211 Å². The molecule has 35 heavy (non-hydrogen) atoms. The standard InChI is InChI=1S/C24H26Cl2F3N3O3/c1-4-5-16(24(34)35)20(27)8-13(2)12-30-23(33)17-11-15(31-32(3)21(17)22(28)29)9-14-6-7-18(25)19(26)10-14/h5-8,10,13,22H,4,9,11-12H2,1-3H3,(H,30,33)(H,34,35)/b16-5+,20-8+. The minimum Gasteiger partial charge on any atom is -0.478 e. The van der Waals surface area contributed by atoms with E-state index < -0.39 is 41.3 Å². The Morgan fingerprint density at radius 2 is 1.97 bits per heavy atom. The summed E-state index contributed by atoms with van der Waals surface area (Å²) in [5.74, 6) is -3.67. The SMILES string of the molecule is CC/C=C(C(=O)O)\C(F)=C/C(C)CNC(=O)C1=C(C(F)F)N(C)N=C(Cc2ccc(Cl)c(Cl)c2)C1. The first kappa shape index (κ1) is 28.5.